The van der Waals surface area contributed by atoms with Crippen molar-refractivity contribution < 1.29 is 9.72 Å². The van der Waals surface area contributed by atoms with E-state index in [2.05, 4.69) is 0 Å². The number of hydrogen-bond donors (Lipinski definition) is 0. The minimum atomic E-state index is -0.444. The number of nitro benzene ring substituents is 1. The normalized spacial score (nSPS) is 15.2. The molecule has 0 atom stereocenters. The van der Waals surface area contributed by atoms with Crippen molar-refractivity contribution in [2.75, 3.05) is 13.1 Å². The van der Waals surface area contributed by atoms with Gasteiger partial charge in [-0.1, -0.05) is 12.1 Å². The fourth-order valence-electron chi connectivity index (χ4n) is 2.00. The molecule has 1 fully saturated rings. The molecule has 18 heavy (non-hydrogen) atoms. The fraction of sp³-hybridized carbons (Fsp3) is 0.308. The van der Waals surface area contributed by atoms with Crippen LogP contribution in [-0.2, 0) is 4.79 Å². The van der Waals surface area contributed by atoms with Gasteiger partial charge in [0.15, 0.2) is 0 Å². The average Bonchev–Trinajstić information content (AvgIpc) is 2.90. The van der Waals surface area contributed by atoms with Gasteiger partial charge in [0.05, 0.1) is 10.5 Å². The summed E-state index contributed by atoms with van der Waals surface area (Å²) in [5.41, 5.74) is 0.470. The zero-order valence-corrected chi connectivity index (χ0v) is 9.91. The monoisotopic (exact) mass is 246 g/mol. The van der Waals surface area contributed by atoms with Crippen LogP contribution >= 0.6 is 0 Å². The summed E-state index contributed by atoms with van der Waals surface area (Å²) in [6.45, 7) is 1.56. The molecule has 2 rings (SSSR count). The summed E-state index contributed by atoms with van der Waals surface area (Å²) in [5.74, 6) is -0.0781. The molecule has 1 saturated heterocycles. The highest BCUT2D eigenvalue weighted by atomic mass is 16.6. The van der Waals surface area contributed by atoms with Crippen molar-refractivity contribution in [2.24, 2.45) is 0 Å². The maximum absolute atomic E-state index is 11.8. The highest BCUT2D eigenvalue weighted by molar-refractivity contribution is 5.92. The molecular weight excluding hydrogens is 232 g/mol. The molecule has 1 amide bonds. The standard InChI is InChI=1S/C13H14N2O3/c16-13(14-9-3-4-10-14)8-7-11-5-1-2-6-12(11)15(17)18/h1-2,5-8H,3-4,9-10H2/b8-7-. The predicted molar refractivity (Wildman–Crippen MR) is 67.9 cm³/mol. The molecule has 5 nitrogen and oxygen atoms in total. The third kappa shape index (κ3) is 2.74. The molecule has 0 spiro atoms. The molecule has 0 aromatic heterocycles. The smallest absolute Gasteiger partial charge is 0.276 e. The maximum atomic E-state index is 11.8. The summed E-state index contributed by atoms with van der Waals surface area (Å²) < 4.78 is 0. The molecule has 0 unspecified atom stereocenters. The summed E-state index contributed by atoms with van der Waals surface area (Å²) in [4.78, 5) is 23.9. The van der Waals surface area contributed by atoms with E-state index in [9.17, 15) is 14.9 Å². The molecule has 1 aromatic carbocycles. The second-order valence-electron chi connectivity index (χ2n) is 4.18. The molecule has 0 saturated carbocycles. The first-order valence-electron chi connectivity index (χ1n) is 5.89. The van der Waals surface area contributed by atoms with E-state index in [1.165, 1.54) is 18.2 Å². The lowest BCUT2D eigenvalue weighted by Gasteiger charge is -2.11. The van der Waals surface area contributed by atoms with E-state index in [1.807, 2.05) is 0 Å². The van der Waals surface area contributed by atoms with Crippen LogP contribution in [0.3, 0.4) is 0 Å². The molecule has 0 radical (unpaired) electrons. The van der Waals surface area contributed by atoms with Crippen LogP contribution in [0.4, 0.5) is 5.69 Å². The highest BCUT2D eigenvalue weighted by Crippen LogP contribution is 2.19. The van der Waals surface area contributed by atoms with Crippen molar-refractivity contribution in [3.05, 3.63) is 46.0 Å². The van der Waals surface area contributed by atoms with Gasteiger partial charge in [0.2, 0.25) is 5.91 Å². The van der Waals surface area contributed by atoms with E-state index in [-0.39, 0.29) is 11.6 Å². The van der Waals surface area contributed by atoms with E-state index < -0.39 is 4.92 Å². The molecule has 1 aromatic rings. The van der Waals surface area contributed by atoms with Crippen LogP contribution in [0.5, 0.6) is 0 Å². The molecule has 0 bridgehead atoms. The lowest BCUT2D eigenvalue weighted by Crippen LogP contribution is -2.25. The minimum Gasteiger partial charge on any atom is -0.339 e. The molecule has 1 aliphatic rings. The first-order chi connectivity index (χ1) is 8.68. The summed E-state index contributed by atoms with van der Waals surface area (Å²) in [6.07, 6.45) is 4.99. The van der Waals surface area contributed by atoms with Crippen molar-refractivity contribution in [3.8, 4) is 0 Å². The Balaban J connectivity index is 2.13. The Morgan fingerprint density at radius 3 is 2.61 bits per heavy atom. The predicted octanol–water partition coefficient (Wildman–Crippen LogP) is 2.23. The second kappa shape index (κ2) is 5.44. The first kappa shape index (κ1) is 12.3. The quantitative estimate of drug-likeness (QED) is 0.466. The van der Waals surface area contributed by atoms with Gasteiger partial charge in [0, 0.05) is 25.2 Å². The molecule has 1 heterocycles. The van der Waals surface area contributed by atoms with Crippen LogP contribution < -0.4 is 0 Å². The van der Waals surface area contributed by atoms with Crippen LogP contribution in [0.1, 0.15) is 18.4 Å². The molecule has 0 aliphatic carbocycles. The average molecular weight is 246 g/mol. The van der Waals surface area contributed by atoms with E-state index >= 15 is 0 Å². The van der Waals surface area contributed by atoms with Gasteiger partial charge in [-0.25, -0.2) is 0 Å². The minimum absolute atomic E-state index is 0.0166. The first-order valence-corrected chi connectivity index (χ1v) is 5.89. The summed E-state index contributed by atoms with van der Waals surface area (Å²) in [7, 11) is 0. The maximum Gasteiger partial charge on any atom is 0.276 e. The van der Waals surface area contributed by atoms with Crippen LogP contribution in [-0.4, -0.2) is 28.8 Å². The lowest BCUT2D eigenvalue weighted by atomic mass is 10.1. The van der Waals surface area contributed by atoms with Gasteiger partial charge in [-0.15, -0.1) is 0 Å². The lowest BCUT2D eigenvalue weighted by molar-refractivity contribution is -0.385. The molecule has 0 N–H and O–H groups in total. The Kier molecular flexibility index (Phi) is 3.72. The van der Waals surface area contributed by atoms with Gasteiger partial charge in [0.25, 0.3) is 5.69 Å². The molecular formula is C13H14N2O3. The number of nitrogens with zero attached hydrogens (tertiary/aromatic N) is 2. The number of amides is 1. The van der Waals surface area contributed by atoms with Crippen LogP contribution in [0.25, 0.3) is 6.08 Å². The van der Waals surface area contributed by atoms with Crippen molar-refractivity contribution in [2.45, 2.75) is 12.8 Å². The third-order valence-electron chi connectivity index (χ3n) is 2.96. The number of carbonyl (C=O) groups excluding carboxylic acids is 1. The Bertz CT molecular complexity index is 491. The number of likely N-dealkylation sites (tertiary alicyclic amines) is 1. The number of hydrogen-bond acceptors (Lipinski definition) is 3. The van der Waals surface area contributed by atoms with E-state index in [0.29, 0.717) is 5.56 Å². The van der Waals surface area contributed by atoms with Crippen LogP contribution in [0, 0.1) is 10.1 Å². The van der Waals surface area contributed by atoms with Gasteiger partial charge in [-0.3, -0.25) is 14.9 Å². The Labute approximate surface area is 105 Å². The number of benzene rings is 1. The molecule has 94 valence electrons. The van der Waals surface area contributed by atoms with E-state index in [0.717, 1.165) is 25.9 Å². The van der Waals surface area contributed by atoms with Gasteiger partial charge in [-0.2, -0.15) is 0 Å². The number of para-hydroxylation sites is 1. The van der Waals surface area contributed by atoms with E-state index in [1.54, 1.807) is 23.1 Å². The summed E-state index contributed by atoms with van der Waals surface area (Å²) in [6, 6.07) is 6.39. The fourth-order valence-corrected chi connectivity index (χ4v) is 2.00. The zero-order valence-electron chi connectivity index (χ0n) is 9.91. The Morgan fingerprint density at radius 1 is 1.28 bits per heavy atom. The zero-order chi connectivity index (χ0) is 13.0. The number of carbonyl (C=O) groups is 1. The van der Waals surface area contributed by atoms with Crippen molar-refractivity contribution in [1.82, 2.24) is 4.90 Å². The van der Waals surface area contributed by atoms with Crippen molar-refractivity contribution in [3.63, 3.8) is 0 Å². The summed E-state index contributed by atoms with van der Waals surface area (Å²) in [5, 5.41) is 10.8. The van der Waals surface area contributed by atoms with Gasteiger partial charge >= 0.3 is 0 Å². The van der Waals surface area contributed by atoms with Crippen molar-refractivity contribution >= 4 is 17.7 Å². The van der Waals surface area contributed by atoms with Gasteiger partial charge in [0.1, 0.15) is 0 Å². The number of nitro groups is 1. The molecule has 1 aliphatic heterocycles. The Hall–Kier alpha value is -2.17. The van der Waals surface area contributed by atoms with Crippen LogP contribution in [0.2, 0.25) is 0 Å². The highest BCUT2D eigenvalue weighted by Gasteiger charge is 2.16. The SMILES string of the molecule is O=C(/C=C\c1ccccc1[N+](=O)[O-])N1CCCC1. The second-order valence-corrected chi connectivity index (χ2v) is 4.18. The Morgan fingerprint density at radius 2 is 1.94 bits per heavy atom. The van der Waals surface area contributed by atoms with Crippen molar-refractivity contribution in [1.29, 1.82) is 0 Å². The third-order valence-corrected chi connectivity index (χ3v) is 2.96. The summed E-state index contributed by atoms with van der Waals surface area (Å²) >= 11 is 0. The van der Waals surface area contributed by atoms with Gasteiger partial charge < -0.3 is 4.90 Å². The largest absolute Gasteiger partial charge is 0.339 e. The topological polar surface area (TPSA) is 63.4 Å². The number of rotatable bonds is 3. The van der Waals surface area contributed by atoms with E-state index in [4.69, 9.17) is 0 Å². The van der Waals surface area contributed by atoms with Gasteiger partial charge in [-0.05, 0) is 25.0 Å². The molecule has 5 heteroatoms. The van der Waals surface area contributed by atoms with Crippen LogP contribution in [0.15, 0.2) is 30.3 Å².